The number of nitrogens with one attached hydrogen (secondary N) is 1. The lowest BCUT2D eigenvalue weighted by Gasteiger charge is -2.14. The molecule has 0 bridgehead atoms. The van der Waals surface area contributed by atoms with Gasteiger partial charge in [0.15, 0.2) is 6.10 Å². The molecule has 3 rings (SSSR count). The second-order valence-electron chi connectivity index (χ2n) is 5.99. The molecular weight excluding hydrogens is 361 g/mol. The fourth-order valence-corrected chi connectivity index (χ4v) is 2.37. The van der Waals surface area contributed by atoms with Gasteiger partial charge in [-0.2, -0.15) is 0 Å². The number of carbonyl (C=O) groups is 2. The van der Waals surface area contributed by atoms with Gasteiger partial charge in [-0.05, 0) is 61.5 Å². The molecule has 1 N–H and O–H groups in total. The molecule has 0 aliphatic heterocycles. The zero-order chi connectivity index (χ0) is 19.9. The molecule has 0 saturated heterocycles. The smallest absolute Gasteiger partial charge is 0.339 e. The van der Waals surface area contributed by atoms with Crippen LogP contribution in [-0.4, -0.2) is 18.0 Å². The maximum Gasteiger partial charge on any atom is 0.339 e. The zero-order valence-electron chi connectivity index (χ0n) is 15.1. The Morgan fingerprint density at radius 1 is 0.893 bits per heavy atom. The third-order valence-corrected chi connectivity index (χ3v) is 3.81. The maximum absolute atomic E-state index is 12.9. The highest BCUT2D eigenvalue weighted by molar-refractivity contribution is 5.97. The minimum Gasteiger partial charge on any atom is -0.457 e. The number of halogens is 1. The van der Waals surface area contributed by atoms with Gasteiger partial charge in [-0.15, -0.1) is 0 Å². The highest BCUT2D eigenvalue weighted by Gasteiger charge is 2.19. The lowest BCUT2D eigenvalue weighted by Crippen LogP contribution is -2.30. The number of benzene rings is 3. The highest BCUT2D eigenvalue weighted by Crippen LogP contribution is 2.22. The molecule has 5 nitrogen and oxygen atoms in total. The summed E-state index contributed by atoms with van der Waals surface area (Å²) in [4.78, 5) is 24.5. The number of hydrogen-bond acceptors (Lipinski definition) is 4. The third-order valence-electron chi connectivity index (χ3n) is 3.81. The van der Waals surface area contributed by atoms with Crippen molar-refractivity contribution in [2.24, 2.45) is 0 Å². The van der Waals surface area contributed by atoms with Crippen molar-refractivity contribution >= 4 is 17.6 Å². The first-order chi connectivity index (χ1) is 13.5. The topological polar surface area (TPSA) is 64.6 Å². The first-order valence-corrected chi connectivity index (χ1v) is 8.61. The summed E-state index contributed by atoms with van der Waals surface area (Å²) in [6.07, 6.45) is -1.03. The number of carbonyl (C=O) groups excluding carboxylic acids is 2. The molecule has 3 aromatic carbocycles. The van der Waals surface area contributed by atoms with Crippen molar-refractivity contribution in [1.29, 1.82) is 0 Å². The van der Waals surface area contributed by atoms with E-state index in [2.05, 4.69) is 5.32 Å². The second kappa shape index (κ2) is 8.81. The number of rotatable bonds is 6. The Labute approximate surface area is 161 Å². The van der Waals surface area contributed by atoms with Gasteiger partial charge in [0.25, 0.3) is 5.91 Å². The number of esters is 1. The van der Waals surface area contributed by atoms with Crippen LogP contribution in [0.25, 0.3) is 0 Å². The van der Waals surface area contributed by atoms with Gasteiger partial charge in [-0.1, -0.05) is 24.3 Å². The van der Waals surface area contributed by atoms with Crippen LogP contribution in [0.15, 0.2) is 78.9 Å². The van der Waals surface area contributed by atoms with E-state index < -0.39 is 23.8 Å². The predicted octanol–water partition coefficient (Wildman–Crippen LogP) is 4.80. The van der Waals surface area contributed by atoms with Crippen LogP contribution < -0.4 is 10.1 Å². The zero-order valence-corrected chi connectivity index (χ0v) is 15.1. The summed E-state index contributed by atoms with van der Waals surface area (Å²) >= 11 is 0. The van der Waals surface area contributed by atoms with E-state index in [1.165, 1.54) is 31.2 Å². The molecule has 0 saturated carbocycles. The van der Waals surface area contributed by atoms with Gasteiger partial charge >= 0.3 is 5.97 Å². The fourth-order valence-electron chi connectivity index (χ4n) is 2.37. The maximum atomic E-state index is 12.9. The lowest BCUT2D eigenvalue weighted by molar-refractivity contribution is -0.123. The Balaban J connectivity index is 1.61. The largest absolute Gasteiger partial charge is 0.457 e. The summed E-state index contributed by atoms with van der Waals surface area (Å²) in [5.74, 6) is -0.462. The van der Waals surface area contributed by atoms with Crippen molar-refractivity contribution in [1.82, 2.24) is 0 Å². The summed E-state index contributed by atoms with van der Waals surface area (Å²) in [5, 5.41) is 2.56. The molecule has 142 valence electrons. The van der Waals surface area contributed by atoms with Crippen LogP contribution >= 0.6 is 0 Å². The first kappa shape index (κ1) is 19.1. The molecule has 0 aromatic heterocycles. The molecule has 28 heavy (non-hydrogen) atoms. The Hall–Kier alpha value is -3.67. The summed E-state index contributed by atoms with van der Waals surface area (Å²) in [5.41, 5.74) is 0.669. The number of para-hydroxylation sites is 1. The van der Waals surface area contributed by atoms with Crippen LogP contribution in [0, 0.1) is 5.82 Å². The van der Waals surface area contributed by atoms with Crippen LogP contribution in [-0.2, 0) is 9.53 Å². The molecule has 0 radical (unpaired) electrons. The normalized spacial score (nSPS) is 11.4. The fraction of sp³-hybridized carbons (Fsp3) is 0.0909. The quantitative estimate of drug-likeness (QED) is 0.625. The van der Waals surface area contributed by atoms with Crippen molar-refractivity contribution in [3.8, 4) is 11.5 Å². The van der Waals surface area contributed by atoms with Crippen molar-refractivity contribution in [3.63, 3.8) is 0 Å². The third kappa shape index (κ3) is 5.17. The molecule has 0 aliphatic rings. The minimum atomic E-state index is -1.03. The van der Waals surface area contributed by atoms with Gasteiger partial charge in [0, 0.05) is 5.69 Å². The first-order valence-electron chi connectivity index (χ1n) is 8.61. The van der Waals surface area contributed by atoms with Crippen LogP contribution in [0.3, 0.4) is 0 Å². The van der Waals surface area contributed by atoms with Crippen LogP contribution in [0.1, 0.15) is 17.3 Å². The van der Waals surface area contributed by atoms with Gasteiger partial charge < -0.3 is 14.8 Å². The predicted molar refractivity (Wildman–Crippen MR) is 103 cm³/mol. The summed E-state index contributed by atoms with van der Waals surface area (Å²) in [6, 6.07) is 21.0. The molecule has 0 unspecified atom stereocenters. The van der Waals surface area contributed by atoms with Gasteiger partial charge in [0.05, 0.1) is 5.56 Å². The second-order valence-corrected chi connectivity index (χ2v) is 5.99. The minimum absolute atomic E-state index is 0.259. The average Bonchev–Trinajstić information content (AvgIpc) is 2.70. The number of amides is 1. The van der Waals surface area contributed by atoms with Gasteiger partial charge in [-0.3, -0.25) is 4.79 Å². The number of hydrogen-bond donors (Lipinski definition) is 1. The van der Waals surface area contributed by atoms with Crippen molar-refractivity contribution in [2.75, 3.05) is 5.32 Å². The van der Waals surface area contributed by atoms with E-state index >= 15 is 0 Å². The van der Waals surface area contributed by atoms with Gasteiger partial charge in [0.1, 0.15) is 17.3 Å². The molecule has 1 atom stereocenters. The van der Waals surface area contributed by atoms with Crippen LogP contribution in [0.2, 0.25) is 0 Å². The van der Waals surface area contributed by atoms with Crippen molar-refractivity contribution < 1.29 is 23.5 Å². The Kier molecular flexibility index (Phi) is 6.01. The Morgan fingerprint density at radius 3 is 2.29 bits per heavy atom. The molecule has 6 heteroatoms. The summed E-state index contributed by atoms with van der Waals surface area (Å²) < 4.78 is 23.8. The summed E-state index contributed by atoms with van der Waals surface area (Å²) in [7, 11) is 0. The highest BCUT2D eigenvalue weighted by atomic mass is 19.1. The summed E-state index contributed by atoms with van der Waals surface area (Å²) in [6.45, 7) is 1.46. The van der Waals surface area contributed by atoms with E-state index in [4.69, 9.17) is 9.47 Å². The van der Waals surface area contributed by atoms with Crippen LogP contribution in [0.4, 0.5) is 10.1 Å². The molecule has 0 spiro atoms. The molecule has 0 heterocycles. The van der Waals surface area contributed by atoms with E-state index in [0.29, 0.717) is 17.2 Å². The van der Waals surface area contributed by atoms with E-state index in [0.717, 1.165) is 0 Å². The van der Waals surface area contributed by atoms with Gasteiger partial charge in [0.2, 0.25) is 0 Å². The molecule has 1 amide bonds. The Morgan fingerprint density at radius 2 is 1.57 bits per heavy atom. The van der Waals surface area contributed by atoms with Crippen molar-refractivity contribution in [3.05, 3.63) is 90.2 Å². The van der Waals surface area contributed by atoms with E-state index in [1.54, 1.807) is 36.4 Å². The monoisotopic (exact) mass is 379 g/mol. The lowest BCUT2D eigenvalue weighted by atomic mass is 10.2. The van der Waals surface area contributed by atoms with E-state index in [9.17, 15) is 14.0 Å². The van der Waals surface area contributed by atoms with Gasteiger partial charge in [-0.25, -0.2) is 9.18 Å². The van der Waals surface area contributed by atoms with E-state index in [-0.39, 0.29) is 5.56 Å². The number of ether oxygens (including phenoxy) is 2. The average molecular weight is 379 g/mol. The van der Waals surface area contributed by atoms with Crippen LogP contribution in [0.5, 0.6) is 11.5 Å². The molecule has 0 aliphatic carbocycles. The van der Waals surface area contributed by atoms with E-state index in [1.807, 2.05) is 18.2 Å². The number of anilines is 1. The standard InChI is InChI=1S/C22H18FNO4/c1-15(21(25)24-18-12-10-17(23)11-13-18)27-22(26)16-6-5-9-20(14-16)28-19-7-3-2-4-8-19/h2-15H,1H3,(H,24,25)/t15-/m1/s1. The Bertz CT molecular complexity index is 958. The molecular formula is C22H18FNO4. The SMILES string of the molecule is C[C@@H](OC(=O)c1cccc(Oc2ccccc2)c1)C(=O)Nc1ccc(F)cc1. The molecule has 3 aromatic rings. The molecule has 0 fully saturated rings. The van der Waals surface area contributed by atoms with Crippen molar-refractivity contribution in [2.45, 2.75) is 13.0 Å².